The second kappa shape index (κ2) is 5.33. The maximum atomic E-state index is 13.9. The van der Waals surface area contributed by atoms with Crippen LogP contribution in [0.4, 0.5) is 14.5 Å². The van der Waals surface area contributed by atoms with E-state index in [1.165, 1.54) is 13.0 Å². The number of carbonyl (C=O) groups excluding carboxylic acids is 1. The Labute approximate surface area is 105 Å². The van der Waals surface area contributed by atoms with E-state index in [-0.39, 0.29) is 24.3 Å². The Morgan fingerprint density at radius 2 is 2.00 bits per heavy atom. The van der Waals surface area contributed by atoms with Crippen molar-refractivity contribution in [3.05, 3.63) is 29.3 Å². The molecule has 0 radical (unpaired) electrons. The molecule has 3 nitrogen and oxygen atoms in total. The molecule has 0 heterocycles. The summed E-state index contributed by atoms with van der Waals surface area (Å²) in [4.78, 5) is 11.9. The lowest BCUT2D eigenvalue weighted by Gasteiger charge is -2.28. The van der Waals surface area contributed by atoms with E-state index in [0.29, 0.717) is 0 Å². The van der Waals surface area contributed by atoms with E-state index in [2.05, 4.69) is 0 Å². The summed E-state index contributed by atoms with van der Waals surface area (Å²) in [5.41, 5.74) is 4.30. The molecular weight excluding hydrogens is 240 g/mol. The molecule has 1 atom stereocenters. The summed E-state index contributed by atoms with van der Waals surface area (Å²) in [7, 11) is 0. The lowest BCUT2D eigenvalue weighted by atomic mass is 9.78. The third kappa shape index (κ3) is 2.30. The number of rotatable bonds is 4. The van der Waals surface area contributed by atoms with Gasteiger partial charge in [-0.05, 0) is 32.4 Å². The van der Waals surface area contributed by atoms with Crippen LogP contribution in [0.5, 0.6) is 0 Å². The van der Waals surface area contributed by atoms with Gasteiger partial charge in [-0.3, -0.25) is 4.79 Å². The van der Waals surface area contributed by atoms with Gasteiger partial charge in [0.2, 0.25) is 0 Å². The fourth-order valence-corrected chi connectivity index (χ4v) is 1.84. The highest BCUT2D eigenvalue weighted by Gasteiger charge is 2.39. The van der Waals surface area contributed by atoms with Gasteiger partial charge in [0.15, 0.2) is 11.6 Å². The third-order valence-electron chi connectivity index (χ3n) is 3.11. The van der Waals surface area contributed by atoms with Crippen LogP contribution in [0.1, 0.15) is 32.8 Å². The largest absolute Gasteiger partial charge is 0.465 e. The molecule has 0 aliphatic rings. The lowest BCUT2D eigenvalue weighted by molar-refractivity contribution is -0.149. The van der Waals surface area contributed by atoms with Gasteiger partial charge in [-0.15, -0.1) is 0 Å². The molecule has 2 N–H and O–H groups in total. The van der Waals surface area contributed by atoms with Crippen molar-refractivity contribution in [3.8, 4) is 0 Å². The highest BCUT2D eigenvalue weighted by molar-refractivity contribution is 5.85. The minimum Gasteiger partial charge on any atom is -0.465 e. The normalized spacial score (nSPS) is 14.1. The molecule has 5 heteroatoms. The smallest absolute Gasteiger partial charge is 0.316 e. The minimum atomic E-state index is -1.29. The zero-order valence-corrected chi connectivity index (χ0v) is 10.7. The van der Waals surface area contributed by atoms with E-state index in [1.807, 2.05) is 0 Å². The average molecular weight is 257 g/mol. The zero-order valence-electron chi connectivity index (χ0n) is 10.7. The second-order valence-electron chi connectivity index (χ2n) is 4.23. The maximum absolute atomic E-state index is 13.9. The standard InChI is InChI=1S/C13H17F2NO2/c1-4-13(3,12(17)18-5-2)10-9(16)7-6-8(14)11(10)15/h6-7H,4-5,16H2,1-3H3. The first-order valence-electron chi connectivity index (χ1n) is 5.79. The molecule has 0 spiro atoms. The van der Waals surface area contributed by atoms with Crippen LogP contribution in [0.25, 0.3) is 0 Å². The van der Waals surface area contributed by atoms with Crippen LogP contribution in [0.15, 0.2) is 12.1 Å². The van der Waals surface area contributed by atoms with Gasteiger partial charge >= 0.3 is 5.97 Å². The number of esters is 1. The summed E-state index contributed by atoms with van der Waals surface area (Å²) in [6, 6.07) is 2.19. The molecule has 0 saturated carbocycles. The Morgan fingerprint density at radius 3 is 2.50 bits per heavy atom. The number of ether oxygens (including phenoxy) is 1. The van der Waals surface area contributed by atoms with Crippen LogP contribution in [0.2, 0.25) is 0 Å². The molecule has 1 rings (SSSR count). The molecule has 1 aromatic carbocycles. The monoisotopic (exact) mass is 257 g/mol. The van der Waals surface area contributed by atoms with E-state index >= 15 is 0 Å². The van der Waals surface area contributed by atoms with Crippen molar-refractivity contribution in [1.82, 2.24) is 0 Å². The van der Waals surface area contributed by atoms with Crippen molar-refractivity contribution in [1.29, 1.82) is 0 Å². The summed E-state index contributed by atoms with van der Waals surface area (Å²) in [6.45, 7) is 5.02. The van der Waals surface area contributed by atoms with Gasteiger partial charge in [-0.1, -0.05) is 6.92 Å². The van der Waals surface area contributed by atoms with Crippen LogP contribution in [-0.4, -0.2) is 12.6 Å². The van der Waals surface area contributed by atoms with Crippen molar-refractivity contribution < 1.29 is 18.3 Å². The number of benzene rings is 1. The molecule has 0 bridgehead atoms. The third-order valence-corrected chi connectivity index (χ3v) is 3.11. The summed E-state index contributed by atoms with van der Waals surface area (Å²) in [5, 5.41) is 0. The maximum Gasteiger partial charge on any atom is 0.316 e. The number of hydrogen-bond acceptors (Lipinski definition) is 3. The minimum absolute atomic E-state index is 0.0475. The van der Waals surface area contributed by atoms with Crippen molar-refractivity contribution in [2.24, 2.45) is 0 Å². The predicted octanol–water partition coefficient (Wildman–Crippen LogP) is 2.78. The van der Waals surface area contributed by atoms with Crippen molar-refractivity contribution in [2.45, 2.75) is 32.6 Å². The topological polar surface area (TPSA) is 52.3 Å². The quantitative estimate of drug-likeness (QED) is 0.666. The van der Waals surface area contributed by atoms with Crippen LogP contribution < -0.4 is 5.73 Å². The van der Waals surface area contributed by atoms with Gasteiger partial charge in [0.05, 0.1) is 12.0 Å². The first-order chi connectivity index (χ1) is 8.38. The molecule has 0 saturated heterocycles. The molecule has 100 valence electrons. The summed E-state index contributed by atoms with van der Waals surface area (Å²) in [5.74, 6) is -2.72. The fourth-order valence-electron chi connectivity index (χ4n) is 1.84. The molecule has 0 fully saturated rings. The average Bonchev–Trinajstić information content (AvgIpc) is 2.34. The molecule has 18 heavy (non-hydrogen) atoms. The summed E-state index contributed by atoms with van der Waals surface area (Å²) < 4.78 is 32.1. The summed E-state index contributed by atoms with van der Waals surface area (Å²) in [6.07, 6.45) is 0.260. The Bertz CT molecular complexity index is 463. The first-order valence-corrected chi connectivity index (χ1v) is 5.79. The molecule has 0 aliphatic heterocycles. The van der Waals surface area contributed by atoms with Gasteiger partial charge in [0, 0.05) is 11.3 Å². The van der Waals surface area contributed by atoms with Crippen LogP contribution >= 0.6 is 0 Å². The van der Waals surface area contributed by atoms with Crippen LogP contribution in [0.3, 0.4) is 0 Å². The Morgan fingerprint density at radius 1 is 1.39 bits per heavy atom. The molecule has 0 aromatic heterocycles. The zero-order chi connectivity index (χ0) is 13.9. The number of hydrogen-bond donors (Lipinski definition) is 1. The Hall–Kier alpha value is -1.65. The van der Waals surface area contributed by atoms with Gasteiger partial charge < -0.3 is 10.5 Å². The summed E-state index contributed by atoms with van der Waals surface area (Å²) >= 11 is 0. The number of anilines is 1. The Balaban J connectivity index is 3.41. The van der Waals surface area contributed by atoms with E-state index in [0.717, 1.165) is 6.07 Å². The molecule has 0 aliphatic carbocycles. The van der Waals surface area contributed by atoms with E-state index in [1.54, 1.807) is 13.8 Å². The lowest BCUT2D eigenvalue weighted by Crippen LogP contribution is -2.36. The fraction of sp³-hybridized carbons (Fsp3) is 0.462. The predicted molar refractivity (Wildman–Crippen MR) is 65.0 cm³/mol. The SMILES string of the molecule is CCOC(=O)C(C)(CC)c1c(N)ccc(F)c1F. The number of nitrogen functional groups attached to an aromatic ring is 1. The van der Waals surface area contributed by atoms with Gasteiger partial charge in [-0.25, -0.2) is 8.78 Å². The van der Waals surface area contributed by atoms with E-state index in [9.17, 15) is 13.6 Å². The van der Waals surface area contributed by atoms with Gasteiger partial charge in [-0.2, -0.15) is 0 Å². The van der Waals surface area contributed by atoms with Crippen LogP contribution in [0, 0.1) is 11.6 Å². The van der Waals surface area contributed by atoms with Crippen LogP contribution in [-0.2, 0) is 14.9 Å². The molecule has 1 aromatic rings. The van der Waals surface area contributed by atoms with Gasteiger partial charge in [0.25, 0.3) is 0 Å². The molecule has 1 unspecified atom stereocenters. The highest BCUT2D eigenvalue weighted by atomic mass is 19.2. The Kier molecular flexibility index (Phi) is 4.27. The number of carbonyl (C=O) groups is 1. The van der Waals surface area contributed by atoms with Crippen molar-refractivity contribution in [2.75, 3.05) is 12.3 Å². The van der Waals surface area contributed by atoms with E-state index < -0.39 is 23.0 Å². The molecular formula is C13H17F2NO2. The second-order valence-corrected chi connectivity index (χ2v) is 4.23. The first kappa shape index (κ1) is 14.4. The van der Waals surface area contributed by atoms with E-state index in [4.69, 9.17) is 10.5 Å². The van der Waals surface area contributed by atoms with Crippen molar-refractivity contribution in [3.63, 3.8) is 0 Å². The van der Waals surface area contributed by atoms with Crippen molar-refractivity contribution >= 4 is 11.7 Å². The number of halogens is 2. The molecule has 0 amide bonds. The highest BCUT2D eigenvalue weighted by Crippen LogP contribution is 2.36. The van der Waals surface area contributed by atoms with Gasteiger partial charge in [0.1, 0.15) is 0 Å². The number of nitrogens with two attached hydrogens (primary N) is 1.